The van der Waals surface area contributed by atoms with Gasteiger partial charge in [-0.2, -0.15) is 0 Å². The fraction of sp³-hybridized carbons (Fsp3) is 0.917. The van der Waals surface area contributed by atoms with E-state index >= 15 is 0 Å². The van der Waals surface area contributed by atoms with Crippen LogP contribution >= 0.6 is 12.6 Å². The summed E-state index contributed by atoms with van der Waals surface area (Å²) >= 11 is 3.99. The molecule has 0 radical (unpaired) electrons. The van der Waals surface area contributed by atoms with Crippen LogP contribution in [0.5, 0.6) is 0 Å². The van der Waals surface area contributed by atoms with Crippen molar-refractivity contribution in [1.82, 2.24) is 4.90 Å². The van der Waals surface area contributed by atoms with Crippen molar-refractivity contribution >= 4 is 17.9 Å². The highest BCUT2D eigenvalue weighted by Crippen LogP contribution is 2.23. The van der Waals surface area contributed by atoms with Gasteiger partial charge in [-0.25, -0.2) is 0 Å². The van der Waals surface area contributed by atoms with Crippen molar-refractivity contribution in [3.63, 3.8) is 0 Å². The van der Waals surface area contributed by atoms with Gasteiger partial charge >= 0.3 is 0 Å². The lowest BCUT2D eigenvalue weighted by Crippen LogP contribution is -2.39. The largest absolute Gasteiger partial charge is 0.331 e. The minimum Gasteiger partial charge on any atom is -0.331 e. The zero-order valence-electron chi connectivity index (χ0n) is 9.74. The van der Waals surface area contributed by atoms with E-state index in [0.717, 1.165) is 13.0 Å². The Hall–Kier alpha value is -0.180. The second-order valence-corrected chi connectivity index (χ2v) is 4.86. The Bertz CT molecular complexity index is 190. The number of thiol groups is 1. The van der Waals surface area contributed by atoms with Crippen molar-refractivity contribution in [2.45, 2.75) is 64.3 Å². The van der Waals surface area contributed by atoms with Gasteiger partial charge in [-0.3, -0.25) is 4.79 Å². The van der Waals surface area contributed by atoms with Crippen molar-refractivity contribution in [2.24, 2.45) is 0 Å². The fourth-order valence-corrected chi connectivity index (χ4v) is 2.62. The highest BCUT2D eigenvalue weighted by Gasteiger charge is 2.22. The first-order valence-electron chi connectivity index (χ1n) is 6.25. The average Bonchev–Trinajstić information content (AvgIpc) is 2.25. The molecule has 1 saturated carbocycles. The monoisotopic (exact) mass is 229 g/mol. The first-order valence-corrected chi connectivity index (χ1v) is 6.70. The van der Waals surface area contributed by atoms with Crippen molar-refractivity contribution in [3.8, 4) is 0 Å². The van der Waals surface area contributed by atoms with E-state index in [1.54, 1.807) is 0 Å². The van der Waals surface area contributed by atoms with Gasteiger partial charge in [0.05, 0.1) is 0 Å². The Kier molecular flexibility index (Phi) is 6.15. The number of nitrogens with zero attached hydrogens (tertiary/aromatic N) is 1. The van der Waals surface area contributed by atoms with Gasteiger partial charge in [0.1, 0.15) is 0 Å². The Balaban J connectivity index is 2.37. The molecule has 1 amide bonds. The number of hydrogen-bond acceptors (Lipinski definition) is 1. The molecule has 0 aromatic carbocycles. The molecule has 1 aliphatic rings. The zero-order valence-corrected chi connectivity index (χ0v) is 10.6. The van der Waals surface area contributed by atoms with Gasteiger partial charge in [-0.05, 0) is 19.3 Å². The summed E-state index contributed by atoms with van der Waals surface area (Å²) in [7, 11) is 0. The van der Waals surface area contributed by atoms with E-state index in [2.05, 4.69) is 19.6 Å². The number of carbonyl (C=O) groups is 1. The summed E-state index contributed by atoms with van der Waals surface area (Å²) in [6.07, 6.45) is 9.78. The van der Waals surface area contributed by atoms with Gasteiger partial charge in [0, 0.05) is 12.6 Å². The molecule has 0 spiro atoms. The van der Waals surface area contributed by atoms with Gasteiger partial charge < -0.3 is 4.90 Å². The highest BCUT2D eigenvalue weighted by atomic mass is 32.1. The molecular formula is C12H23NOS. The van der Waals surface area contributed by atoms with Gasteiger partial charge in [-0.1, -0.05) is 51.7 Å². The van der Waals surface area contributed by atoms with Crippen LogP contribution in [0.2, 0.25) is 0 Å². The van der Waals surface area contributed by atoms with Crippen LogP contribution in [0.15, 0.2) is 0 Å². The molecule has 0 bridgehead atoms. The molecule has 1 rings (SSSR count). The number of unbranched alkanes of at least 4 members (excludes halogenated alkanes) is 2. The van der Waals surface area contributed by atoms with Crippen molar-refractivity contribution in [2.75, 3.05) is 6.54 Å². The van der Waals surface area contributed by atoms with Crippen LogP contribution in [0.4, 0.5) is 4.79 Å². The van der Waals surface area contributed by atoms with E-state index in [1.165, 1.54) is 44.9 Å². The van der Waals surface area contributed by atoms with Crippen LogP contribution in [0.1, 0.15) is 58.3 Å². The first kappa shape index (κ1) is 12.9. The molecular weight excluding hydrogens is 206 g/mol. The lowest BCUT2D eigenvalue weighted by atomic mass is 9.94. The van der Waals surface area contributed by atoms with Crippen LogP contribution in [-0.4, -0.2) is 22.7 Å². The number of amides is 1. The van der Waals surface area contributed by atoms with E-state index in [4.69, 9.17) is 0 Å². The summed E-state index contributed by atoms with van der Waals surface area (Å²) in [5, 5.41) is -0.0296. The molecule has 0 aliphatic heterocycles. The quantitative estimate of drug-likeness (QED) is 0.560. The minimum absolute atomic E-state index is 0.0296. The summed E-state index contributed by atoms with van der Waals surface area (Å²) in [5.41, 5.74) is 0. The van der Waals surface area contributed by atoms with Crippen molar-refractivity contribution in [1.29, 1.82) is 0 Å². The highest BCUT2D eigenvalue weighted by molar-refractivity contribution is 7.96. The smallest absolute Gasteiger partial charge is 0.278 e. The Morgan fingerprint density at radius 3 is 2.47 bits per heavy atom. The molecule has 1 aliphatic carbocycles. The lowest BCUT2D eigenvalue weighted by Gasteiger charge is -2.33. The van der Waals surface area contributed by atoms with E-state index < -0.39 is 0 Å². The van der Waals surface area contributed by atoms with E-state index in [-0.39, 0.29) is 5.24 Å². The molecule has 0 aromatic heterocycles. The van der Waals surface area contributed by atoms with Crippen LogP contribution < -0.4 is 0 Å². The standard InChI is InChI=1S/C12H23NOS/c1-2-3-7-10-13(12(14)15)11-8-5-4-6-9-11/h11H,2-10H2,1H3,(H,14,15). The molecule has 15 heavy (non-hydrogen) atoms. The molecule has 0 aromatic rings. The maximum absolute atomic E-state index is 11.4. The Morgan fingerprint density at radius 2 is 1.93 bits per heavy atom. The normalized spacial score (nSPS) is 17.7. The SMILES string of the molecule is CCCCCN(C(=O)S)C1CCCCC1. The van der Waals surface area contributed by atoms with Gasteiger partial charge in [-0.15, -0.1) is 0 Å². The predicted octanol–water partition coefficient (Wildman–Crippen LogP) is 3.86. The van der Waals surface area contributed by atoms with Gasteiger partial charge in [0.15, 0.2) is 0 Å². The third-order valence-electron chi connectivity index (χ3n) is 3.26. The summed E-state index contributed by atoms with van der Waals surface area (Å²) in [4.78, 5) is 13.4. The Morgan fingerprint density at radius 1 is 1.27 bits per heavy atom. The molecule has 88 valence electrons. The number of rotatable bonds is 5. The van der Waals surface area contributed by atoms with E-state index in [0.29, 0.717) is 6.04 Å². The molecule has 2 nitrogen and oxygen atoms in total. The van der Waals surface area contributed by atoms with Gasteiger partial charge in [0.25, 0.3) is 5.24 Å². The average molecular weight is 229 g/mol. The third kappa shape index (κ3) is 4.45. The summed E-state index contributed by atoms with van der Waals surface area (Å²) in [6.45, 7) is 3.09. The van der Waals surface area contributed by atoms with Crippen molar-refractivity contribution < 1.29 is 4.79 Å². The zero-order chi connectivity index (χ0) is 11.1. The third-order valence-corrected chi connectivity index (χ3v) is 3.52. The maximum Gasteiger partial charge on any atom is 0.278 e. The molecule has 0 N–H and O–H groups in total. The molecule has 3 heteroatoms. The molecule has 0 atom stereocenters. The van der Waals surface area contributed by atoms with Crippen LogP contribution in [0.25, 0.3) is 0 Å². The predicted molar refractivity (Wildman–Crippen MR) is 67.5 cm³/mol. The Labute approximate surface area is 98.8 Å². The number of hydrogen-bond donors (Lipinski definition) is 1. The molecule has 0 unspecified atom stereocenters. The second-order valence-electron chi connectivity index (χ2n) is 4.47. The minimum atomic E-state index is -0.0296. The second kappa shape index (κ2) is 7.15. The number of carbonyl (C=O) groups excluding carboxylic acids is 1. The van der Waals surface area contributed by atoms with Crippen LogP contribution in [0.3, 0.4) is 0 Å². The van der Waals surface area contributed by atoms with E-state index in [9.17, 15) is 4.79 Å². The van der Waals surface area contributed by atoms with E-state index in [1.807, 2.05) is 4.90 Å². The molecule has 0 saturated heterocycles. The van der Waals surface area contributed by atoms with Crippen molar-refractivity contribution in [3.05, 3.63) is 0 Å². The van der Waals surface area contributed by atoms with Gasteiger partial charge in [0.2, 0.25) is 0 Å². The van der Waals surface area contributed by atoms with Crippen LogP contribution in [0, 0.1) is 0 Å². The molecule has 1 fully saturated rings. The first-order chi connectivity index (χ1) is 7.25. The lowest BCUT2D eigenvalue weighted by molar-refractivity contribution is 0.176. The topological polar surface area (TPSA) is 20.3 Å². The molecule has 0 heterocycles. The van der Waals surface area contributed by atoms with Crippen LogP contribution in [-0.2, 0) is 0 Å². The summed E-state index contributed by atoms with van der Waals surface area (Å²) in [6, 6.07) is 0.473. The summed E-state index contributed by atoms with van der Waals surface area (Å²) in [5.74, 6) is 0. The maximum atomic E-state index is 11.4. The fourth-order valence-electron chi connectivity index (χ4n) is 2.36. The summed E-state index contributed by atoms with van der Waals surface area (Å²) < 4.78 is 0.